The largest absolute Gasteiger partial charge is 0.300 e. The van der Waals surface area contributed by atoms with Gasteiger partial charge in [-0.3, -0.25) is 10.2 Å². The van der Waals surface area contributed by atoms with Crippen molar-refractivity contribution in [3.8, 4) is 0 Å². The average molecular weight is 333 g/mol. The third kappa shape index (κ3) is 3.10. The van der Waals surface area contributed by atoms with Crippen molar-refractivity contribution in [2.75, 3.05) is 11.9 Å². The van der Waals surface area contributed by atoms with Crippen molar-refractivity contribution in [1.29, 1.82) is 0 Å². The van der Waals surface area contributed by atoms with Gasteiger partial charge in [0.25, 0.3) is 0 Å². The van der Waals surface area contributed by atoms with Gasteiger partial charge in [-0.05, 0) is 30.5 Å². The molecule has 1 aromatic heterocycles. The molecule has 2 unspecified atom stereocenters. The second-order valence-electron chi connectivity index (χ2n) is 5.87. The fourth-order valence-corrected chi connectivity index (χ4v) is 3.62. The van der Waals surface area contributed by atoms with Gasteiger partial charge in [-0.1, -0.05) is 23.5 Å². The van der Waals surface area contributed by atoms with E-state index in [1.165, 1.54) is 23.5 Å². The van der Waals surface area contributed by atoms with Crippen LogP contribution in [0.3, 0.4) is 0 Å². The van der Waals surface area contributed by atoms with Crippen LogP contribution in [0.4, 0.5) is 9.52 Å². The summed E-state index contributed by atoms with van der Waals surface area (Å²) in [6, 6.07) is 5.98. The van der Waals surface area contributed by atoms with Crippen molar-refractivity contribution in [3.63, 3.8) is 0 Å². The lowest BCUT2D eigenvalue weighted by molar-refractivity contribution is -0.119. The number of rotatable bonds is 4. The highest BCUT2D eigenvalue weighted by Crippen LogP contribution is 2.42. The van der Waals surface area contributed by atoms with Crippen LogP contribution in [-0.4, -0.2) is 22.6 Å². The fraction of sp³-hybridized carbons (Fsp3) is 0.400. The molecule has 3 N–H and O–H groups in total. The van der Waals surface area contributed by atoms with Crippen molar-refractivity contribution in [3.05, 3.63) is 40.7 Å². The molecule has 2 heterocycles. The Morgan fingerprint density at radius 2 is 2.04 bits per heavy atom. The van der Waals surface area contributed by atoms with Crippen molar-refractivity contribution >= 4 is 22.4 Å². The molecule has 23 heavy (non-hydrogen) atoms. The minimum Gasteiger partial charge on any atom is -0.300 e. The first-order chi connectivity index (χ1) is 11.2. The molecule has 4 rings (SSSR count). The normalized spacial score (nSPS) is 23.9. The Balaban J connectivity index is 1.46. The van der Waals surface area contributed by atoms with E-state index in [-0.39, 0.29) is 23.7 Å². The van der Waals surface area contributed by atoms with Crippen LogP contribution in [0.15, 0.2) is 24.3 Å². The van der Waals surface area contributed by atoms with Gasteiger partial charge in [-0.25, -0.2) is 9.82 Å². The maximum absolute atomic E-state index is 13.1. The number of aromatic nitrogens is 2. The molecule has 120 valence electrons. The summed E-state index contributed by atoms with van der Waals surface area (Å²) >= 11 is 1.45. The van der Waals surface area contributed by atoms with Crippen LogP contribution < -0.4 is 16.2 Å². The third-order valence-corrected chi connectivity index (χ3v) is 5.15. The van der Waals surface area contributed by atoms with Gasteiger partial charge in [0, 0.05) is 12.5 Å². The lowest BCUT2D eigenvalue weighted by atomic mass is 9.94. The van der Waals surface area contributed by atoms with E-state index in [0.29, 0.717) is 17.6 Å². The zero-order valence-electron chi connectivity index (χ0n) is 12.3. The highest BCUT2D eigenvalue weighted by molar-refractivity contribution is 7.15. The van der Waals surface area contributed by atoms with Gasteiger partial charge in [0.2, 0.25) is 11.0 Å². The van der Waals surface area contributed by atoms with E-state index < -0.39 is 0 Å². The fourth-order valence-electron chi connectivity index (χ4n) is 2.71. The number of anilines is 1. The van der Waals surface area contributed by atoms with Gasteiger partial charge in [0.05, 0.1) is 12.0 Å². The molecule has 2 aliphatic rings. The number of nitrogens with one attached hydrogen (secondary N) is 3. The number of hydrazine groups is 1. The summed E-state index contributed by atoms with van der Waals surface area (Å²) in [7, 11) is 0. The molecule has 0 bridgehead atoms. The Labute approximate surface area is 136 Å². The SMILES string of the molecule is O=C(Nc1nnc(C2CC2)s1)C1CNNC1c1ccc(F)cc1. The molecule has 1 saturated carbocycles. The van der Waals surface area contributed by atoms with E-state index in [9.17, 15) is 9.18 Å². The lowest BCUT2D eigenvalue weighted by Gasteiger charge is -2.17. The zero-order valence-corrected chi connectivity index (χ0v) is 13.1. The van der Waals surface area contributed by atoms with Gasteiger partial charge in [-0.15, -0.1) is 10.2 Å². The number of hydrogen-bond donors (Lipinski definition) is 3. The van der Waals surface area contributed by atoms with E-state index >= 15 is 0 Å². The van der Waals surface area contributed by atoms with Crippen molar-refractivity contribution in [1.82, 2.24) is 21.0 Å². The number of benzene rings is 1. The van der Waals surface area contributed by atoms with Gasteiger partial charge < -0.3 is 5.32 Å². The maximum atomic E-state index is 13.1. The molecule has 6 nitrogen and oxygen atoms in total. The molecular weight excluding hydrogens is 317 g/mol. The number of nitrogens with zero attached hydrogens (tertiary/aromatic N) is 2. The first-order valence-corrected chi connectivity index (χ1v) is 8.40. The molecule has 0 spiro atoms. The monoisotopic (exact) mass is 333 g/mol. The van der Waals surface area contributed by atoms with Gasteiger partial charge in [-0.2, -0.15) is 0 Å². The third-order valence-electron chi connectivity index (χ3n) is 4.15. The smallest absolute Gasteiger partial charge is 0.232 e. The van der Waals surface area contributed by atoms with E-state index in [0.717, 1.165) is 23.4 Å². The van der Waals surface area contributed by atoms with E-state index in [2.05, 4.69) is 26.4 Å². The Morgan fingerprint density at radius 3 is 2.78 bits per heavy atom. The summed E-state index contributed by atoms with van der Waals surface area (Å²) in [4.78, 5) is 12.5. The molecule has 1 aromatic carbocycles. The molecule has 0 radical (unpaired) electrons. The van der Waals surface area contributed by atoms with E-state index in [1.807, 2.05) is 0 Å². The van der Waals surface area contributed by atoms with Crippen molar-refractivity contribution < 1.29 is 9.18 Å². The number of carbonyl (C=O) groups is 1. The van der Waals surface area contributed by atoms with Gasteiger partial charge in [0.15, 0.2) is 0 Å². The topological polar surface area (TPSA) is 78.9 Å². The van der Waals surface area contributed by atoms with Crippen LogP contribution in [0, 0.1) is 11.7 Å². The van der Waals surface area contributed by atoms with Crippen LogP contribution in [0.1, 0.15) is 35.4 Å². The van der Waals surface area contributed by atoms with E-state index in [1.54, 1.807) is 12.1 Å². The first kappa shape index (κ1) is 14.7. The summed E-state index contributed by atoms with van der Waals surface area (Å²) in [5, 5.41) is 12.6. The molecule has 2 aromatic rings. The molecule has 1 amide bonds. The molecule has 8 heteroatoms. The van der Waals surface area contributed by atoms with Crippen LogP contribution >= 0.6 is 11.3 Å². The molecule has 1 saturated heterocycles. The van der Waals surface area contributed by atoms with Crippen molar-refractivity contribution in [2.45, 2.75) is 24.8 Å². The zero-order chi connectivity index (χ0) is 15.8. The van der Waals surface area contributed by atoms with Crippen LogP contribution in [0.2, 0.25) is 0 Å². The molecular formula is C15H16FN5OS. The Kier molecular flexibility index (Phi) is 3.80. The number of hydrogen-bond acceptors (Lipinski definition) is 6. The highest BCUT2D eigenvalue weighted by Gasteiger charge is 2.35. The second kappa shape index (κ2) is 5.95. The second-order valence-corrected chi connectivity index (χ2v) is 6.88. The predicted molar refractivity (Wildman–Crippen MR) is 84.3 cm³/mol. The van der Waals surface area contributed by atoms with Crippen LogP contribution in [0.25, 0.3) is 0 Å². The Bertz CT molecular complexity index is 715. The Morgan fingerprint density at radius 1 is 1.26 bits per heavy atom. The quantitative estimate of drug-likeness (QED) is 0.797. The minimum absolute atomic E-state index is 0.115. The molecule has 1 aliphatic carbocycles. The molecule has 2 fully saturated rings. The lowest BCUT2D eigenvalue weighted by Crippen LogP contribution is -2.29. The standard InChI is InChI=1S/C15H16FN5OS/c16-10-5-3-8(4-6-10)12-11(7-17-19-12)13(22)18-15-21-20-14(23-15)9-1-2-9/h3-6,9,11-12,17,19H,1-2,7H2,(H,18,21,22). The number of amides is 1. The molecule has 2 atom stereocenters. The van der Waals surface area contributed by atoms with E-state index in [4.69, 9.17) is 0 Å². The average Bonchev–Trinajstić information content (AvgIpc) is 3.09. The number of halogens is 1. The highest BCUT2D eigenvalue weighted by atomic mass is 32.1. The minimum atomic E-state index is -0.297. The van der Waals surface area contributed by atoms with Crippen LogP contribution in [0.5, 0.6) is 0 Å². The van der Waals surface area contributed by atoms with Gasteiger partial charge >= 0.3 is 0 Å². The van der Waals surface area contributed by atoms with Crippen molar-refractivity contribution in [2.24, 2.45) is 5.92 Å². The molecule has 1 aliphatic heterocycles. The summed E-state index contributed by atoms with van der Waals surface area (Å²) < 4.78 is 13.1. The maximum Gasteiger partial charge on any atom is 0.232 e. The predicted octanol–water partition coefficient (Wildman–Crippen LogP) is 1.96. The summed E-state index contributed by atoms with van der Waals surface area (Å²) in [6.07, 6.45) is 2.32. The van der Waals surface area contributed by atoms with Crippen LogP contribution in [-0.2, 0) is 4.79 Å². The first-order valence-electron chi connectivity index (χ1n) is 7.59. The summed E-state index contributed by atoms with van der Waals surface area (Å²) in [5.41, 5.74) is 6.94. The summed E-state index contributed by atoms with van der Waals surface area (Å²) in [5.74, 6) is -0.175. The summed E-state index contributed by atoms with van der Waals surface area (Å²) in [6.45, 7) is 0.502. The Hall–Kier alpha value is -1.90. The number of carbonyl (C=O) groups excluding carboxylic acids is 1. The van der Waals surface area contributed by atoms with Gasteiger partial charge in [0.1, 0.15) is 10.8 Å².